The topological polar surface area (TPSA) is 68.6 Å². The lowest BCUT2D eigenvalue weighted by Gasteiger charge is -2.40. The summed E-state index contributed by atoms with van der Waals surface area (Å²) in [5, 5.41) is 11.9. The molecule has 1 N–H and O–H groups in total. The number of piperidine rings is 1. The van der Waals surface area contributed by atoms with E-state index in [9.17, 15) is 9.18 Å². The average molecular weight is 471 g/mol. The molecule has 0 atom stereocenters. The summed E-state index contributed by atoms with van der Waals surface area (Å²) in [6.45, 7) is 3.20. The molecule has 7 heteroatoms. The Bertz CT molecular complexity index is 1280. The second kappa shape index (κ2) is 9.40. The molecule has 0 radical (unpaired) electrons. The van der Waals surface area contributed by atoms with Crippen molar-refractivity contribution in [3.05, 3.63) is 89.2 Å². The standard InChI is InChI=1S/C28H27FN4O2/c1-35-24-9-10-26-25(16-24)28(19-33(26)27(34)31-23-4-2-3-22(29)15-23)11-13-32(14-12-28)18-21-7-5-20(17-30)6-8-21/h2-10,15-16H,11-14,18-19H2,1H3,(H,31,34). The number of rotatable bonds is 4. The van der Waals surface area contributed by atoms with E-state index in [2.05, 4.69) is 22.4 Å². The summed E-state index contributed by atoms with van der Waals surface area (Å²) >= 11 is 0. The Morgan fingerprint density at radius 1 is 1.11 bits per heavy atom. The van der Waals surface area contributed by atoms with Crippen LogP contribution in [0.5, 0.6) is 5.75 Å². The Morgan fingerprint density at radius 2 is 1.89 bits per heavy atom. The molecule has 3 aromatic rings. The van der Waals surface area contributed by atoms with Crippen molar-refractivity contribution in [2.45, 2.75) is 24.8 Å². The number of ether oxygens (including phenoxy) is 1. The van der Waals surface area contributed by atoms with Crippen LogP contribution in [0.4, 0.5) is 20.6 Å². The van der Waals surface area contributed by atoms with E-state index in [4.69, 9.17) is 10.00 Å². The summed E-state index contributed by atoms with van der Waals surface area (Å²) in [4.78, 5) is 17.4. The molecule has 0 unspecified atom stereocenters. The van der Waals surface area contributed by atoms with Crippen molar-refractivity contribution < 1.29 is 13.9 Å². The van der Waals surface area contributed by atoms with Crippen LogP contribution < -0.4 is 15.0 Å². The van der Waals surface area contributed by atoms with Crippen LogP contribution >= 0.6 is 0 Å². The van der Waals surface area contributed by atoms with E-state index in [0.29, 0.717) is 17.8 Å². The Labute approximate surface area is 204 Å². The van der Waals surface area contributed by atoms with Crippen LogP contribution in [-0.4, -0.2) is 37.7 Å². The molecule has 35 heavy (non-hydrogen) atoms. The fourth-order valence-corrected chi connectivity index (χ4v) is 5.22. The summed E-state index contributed by atoms with van der Waals surface area (Å²) in [6.07, 6.45) is 1.82. The first-order chi connectivity index (χ1) is 17.0. The van der Waals surface area contributed by atoms with E-state index >= 15 is 0 Å². The van der Waals surface area contributed by atoms with E-state index in [-0.39, 0.29) is 17.3 Å². The molecule has 2 heterocycles. The molecule has 5 rings (SSSR count). The van der Waals surface area contributed by atoms with Gasteiger partial charge in [0.25, 0.3) is 0 Å². The number of nitriles is 1. The molecule has 2 amide bonds. The van der Waals surface area contributed by atoms with Crippen molar-refractivity contribution >= 4 is 17.4 Å². The van der Waals surface area contributed by atoms with Crippen LogP contribution in [-0.2, 0) is 12.0 Å². The molecule has 6 nitrogen and oxygen atoms in total. The number of amides is 2. The van der Waals surface area contributed by atoms with Gasteiger partial charge in [-0.05, 0) is 85.6 Å². The van der Waals surface area contributed by atoms with Gasteiger partial charge in [-0.15, -0.1) is 0 Å². The van der Waals surface area contributed by atoms with Crippen molar-refractivity contribution in [3.63, 3.8) is 0 Å². The van der Waals surface area contributed by atoms with Gasteiger partial charge in [0.05, 0.1) is 18.7 Å². The third-order valence-electron chi connectivity index (χ3n) is 7.15. The quantitative estimate of drug-likeness (QED) is 0.563. The minimum atomic E-state index is -0.388. The molecule has 2 aliphatic heterocycles. The third-order valence-corrected chi connectivity index (χ3v) is 7.15. The van der Waals surface area contributed by atoms with Crippen LogP contribution in [0.1, 0.15) is 29.5 Å². The molecule has 3 aromatic carbocycles. The van der Waals surface area contributed by atoms with Crippen LogP contribution in [0.25, 0.3) is 0 Å². The molecule has 178 valence electrons. The van der Waals surface area contributed by atoms with Gasteiger partial charge in [-0.1, -0.05) is 18.2 Å². The first-order valence-electron chi connectivity index (χ1n) is 11.7. The Morgan fingerprint density at radius 3 is 2.57 bits per heavy atom. The number of nitrogens with one attached hydrogen (secondary N) is 1. The third kappa shape index (κ3) is 4.58. The summed E-state index contributed by atoms with van der Waals surface area (Å²) in [7, 11) is 1.65. The number of likely N-dealkylation sites (tertiary alicyclic amines) is 1. The van der Waals surface area contributed by atoms with Gasteiger partial charge >= 0.3 is 6.03 Å². The number of carbonyl (C=O) groups excluding carboxylic acids is 1. The normalized spacial score (nSPS) is 16.5. The lowest BCUT2D eigenvalue weighted by atomic mass is 9.74. The van der Waals surface area contributed by atoms with Gasteiger partial charge in [-0.2, -0.15) is 5.26 Å². The average Bonchev–Trinajstić information content (AvgIpc) is 3.19. The lowest BCUT2D eigenvalue weighted by molar-refractivity contribution is 0.160. The molecule has 0 bridgehead atoms. The van der Waals surface area contributed by atoms with Crippen molar-refractivity contribution in [1.29, 1.82) is 5.26 Å². The minimum absolute atomic E-state index is 0.162. The highest BCUT2D eigenvalue weighted by atomic mass is 19.1. The van der Waals surface area contributed by atoms with Gasteiger partial charge in [0, 0.05) is 29.9 Å². The summed E-state index contributed by atoms with van der Waals surface area (Å²) in [6, 6.07) is 21.4. The predicted molar refractivity (Wildman–Crippen MR) is 133 cm³/mol. The van der Waals surface area contributed by atoms with Gasteiger partial charge in [-0.3, -0.25) is 9.80 Å². The summed E-state index contributed by atoms with van der Waals surface area (Å²) in [5.41, 5.74) is 4.13. The van der Waals surface area contributed by atoms with Gasteiger partial charge in [-0.25, -0.2) is 9.18 Å². The Kier molecular flexibility index (Phi) is 6.14. The molecule has 1 fully saturated rings. The molecule has 0 aromatic heterocycles. The first kappa shape index (κ1) is 22.9. The highest BCUT2D eigenvalue weighted by molar-refractivity contribution is 6.03. The fraction of sp³-hybridized carbons (Fsp3) is 0.286. The van der Waals surface area contributed by atoms with Crippen LogP contribution in [0.15, 0.2) is 66.7 Å². The summed E-state index contributed by atoms with van der Waals surface area (Å²) in [5.74, 6) is 0.385. The molecule has 1 saturated heterocycles. The fourth-order valence-electron chi connectivity index (χ4n) is 5.22. The highest BCUT2D eigenvalue weighted by Crippen LogP contribution is 2.48. The van der Waals surface area contributed by atoms with E-state index in [1.165, 1.54) is 17.7 Å². The van der Waals surface area contributed by atoms with Crippen molar-refractivity contribution in [1.82, 2.24) is 4.90 Å². The van der Waals surface area contributed by atoms with Crippen molar-refractivity contribution in [3.8, 4) is 11.8 Å². The number of benzene rings is 3. The number of hydrogen-bond donors (Lipinski definition) is 1. The number of halogens is 1. The maximum atomic E-state index is 13.6. The first-order valence-corrected chi connectivity index (χ1v) is 11.7. The largest absolute Gasteiger partial charge is 0.497 e. The molecule has 1 spiro atoms. The zero-order valence-electron chi connectivity index (χ0n) is 19.6. The highest BCUT2D eigenvalue weighted by Gasteiger charge is 2.46. The Hall–Kier alpha value is -3.89. The summed E-state index contributed by atoms with van der Waals surface area (Å²) < 4.78 is 19.1. The van der Waals surface area contributed by atoms with E-state index in [0.717, 1.165) is 49.5 Å². The van der Waals surface area contributed by atoms with Crippen molar-refractivity contribution in [2.24, 2.45) is 0 Å². The second-order valence-corrected chi connectivity index (χ2v) is 9.27. The van der Waals surface area contributed by atoms with Gasteiger partial charge < -0.3 is 10.1 Å². The van der Waals surface area contributed by atoms with Crippen LogP contribution in [0.3, 0.4) is 0 Å². The smallest absolute Gasteiger partial charge is 0.326 e. The van der Waals surface area contributed by atoms with Gasteiger partial charge in [0.15, 0.2) is 0 Å². The molecule has 0 saturated carbocycles. The van der Waals surface area contributed by atoms with E-state index in [1.807, 2.05) is 36.4 Å². The van der Waals surface area contributed by atoms with Crippen LogP contribution in [0.2, 0.25) is 0 Å². The number of fused-ring (bicyclic) bond motifs is 2. The Balaban J connectivity index is 1.34. The van der Waals surface area contributed by atoms with Gasteiger partial charge in [0.2, 0.25) is 0 Å². The van der Waals surface area contributed by atoms with Crippen molar-refractivity contribution in [2.75, 3.05) is 37.0 Å². The maximum absolute atomic E-state index is 13.6. The number of anilines is 2. The zero-order chi connectivity index (χ0) is 24.4. The lowest BCUT2D eigenvalue weighted by Crippen LogP contribution is -2.46. The predicted octanol–water partition coefficient (Wildman–Crippen LogP) is 5.29. The van der Waals surface area contributed by atoms with E-state index in [1.54, 1.807) is 24.1 Å². The minimum Gasteiger partial charge on any atom is -0.497 e. The second-order valence-electron chi connectivity index (χ2n) is 9.27. The number of nitrogens with zero attached hydrogens (tertiary/aromatic N) is 3. The molecular weight excluding hydrogens is 443 g/mol. The SMILES string of the molecule is COc1ccc2c(c1)C1(CCN(Cc3ccc(C#N)cc3)CC1)CN2C(=O)Nc1cccc(F)c1. The molecule has 0 aliphatic carbocycles. The number of urea groups is 1. The zero-order valence-corrected chi connectivity index (χ0v) is 19.6. The maximum Gasteiger partial charge on any atom is 0.326 e. The molecule has 2 aliphatic rings. The number of methoxy groups -OCH3 is 1. The monoisotopic (exact) mass is 470 g/mol. The van der Waals surface area contributed by atoms with Crippen LogP contribution in [0, 0.1) is 17.1 Å². The van der Waals surface area contributed by atoms with Gasteiger partial charge in [0.1, 0.15) is 11.6 Å². The number of carbonyl (C=O) groups is 1. The number of hydrogen-bond acceptors (Lipinski definition) is 4. The van der Waals surface area contributed by atoms with E-state index < -0.39 is 0 Å². The molecular formula is C28H27FN4O2.